The number of carboxylic acid groups (broad SMARTS) is 1. The number of allylic oxidation sites excluding steroid dienone is 1. The molecule has 0 saturated heterocycles. The molecule has 1 aromatic rings. The van der Waals surface area contributed by atoms with Crippen LogP contribution in [0, 0.1) is 0 Å². The predicted octanol–water partition coefficient (Wildman–Crippen LogP) is 4.14. The van der Waals surface area contributed by atoms with Crippen molar-refractivity contribution in [1.29, 1.82) is 0 Å². The monoisotopic (exact) mass is 416 g/mol. The van der Waals surface area contributed by atoms with E-state index in [1.54, 1.807) is 6.07 Å². The van der Waals surface area contributed by atoms with E-state index in [9.17, 15) is 14.7 Å². The largest absolute Gasteiger partial charge is 0.478 e. The van der Waals surface area contributed by atoms with E-state index in [0.717, 1.165) is 19.3 Å². The van der Waals surface area contributed by atoms with Gasteiger partial charge in [-0.1, -0.05) is 28.1 Å². The van der Waals surface area contributed by atoms with E-state index >= 15 is 0 Å². The number of aromatic carboxylic acids is 1. The normalized spacial score (nSPS) is 17.3. The second-order valence-corrected chi connectivity index (χ2v) is 6.47. The standard InChI is InChI=1S/C14H14Br2N2O3/c15-8-6-10(13(19)20)12(11(16)7-8)18-14(21)17-9-4-2-1-3-5-9/h1-2,6-7,9H,3-5H2,(H,19,20)(H2,17,18,21). The van der Waals surface area contributed by atoms with Gasteiger partial charge in [-0.25, -0.2) is 9.59 Å². The Morgan fingerprint density at radius 1 is 1.24 bits per heavy atom. The number of halogens is 2. The van der Waals surface area contributed by atoms with Crippen molar-refractivity contribution in [2.75, 3.05) is 5.32 Å². The van der Waals surface area contributed by atoms with Gasteiger partial charge in [0.1, 0.15) is 0 Å². The highest BCUT2D eigenvalue weighted by atomic mass is 79.9. The van der Waals surface area contributed by atoms with Crippen LogP contribution in [-0.4, -0.2) is 23.1 Å². The van der Waals surface area contributed by atoms with Crippen LogP contribution >= 0.6 is 31.9 Å². The van der Waals surface area contributed by atoms with Gasteiger partial charge in [0.15, 0.2) is 0 Å². The molecule has 1 unspecified atom stereocenters. The minimum atomic E-state index is -1.10. The van der Waals surface area contributed by atoms with Crippen LogP contribution in [0.1, 0.15) is 29.6 Å². The fourth-order valence-corrected chi connectivity index (χ4v) is 3.45. The molecule has 2 amide bonds. The van der Waals surface area contributed by atoms with Crippen molar-refractivity contribution in [2.24, 2.45) is 0 Å². The van der Waals surface area contributed by atoms with E-state index in [4.69, 9.17) is 0 Å². The van der Waals surface area contributed by atoms with Crippen LogP contribution in [0.2, 0.25) is 0 Å². The van der Waals surface area contributed by atoms with Gasteiger partial charge in [-0.3, -0.25) is 0 Å². The van der Waals surface area contributed by atoms with Crippen molar-refractivity contribution < 1.29 is 14.7 Å². The van der Waals surface area contributed by atoms with Gasteiger partial charge < -0.3 is 15.7 Å². The first-order valence-corrected chi connectivity index (χ1v) is 8.01. The molecule has 1 aromatic carbocycles. The summed E-state index contributed by atoms with van der Waals surface area (Å²) in [6.45, 7) is 0. The lowest BCUT2D eigenvalue weighted by atomic mass is 10.0. The number of hydrogen-bond donors (Lipinski definition) is 3. The molecule has 0 aromatic heterocycles. The van der Waals surface area contributed by atoms with Gasteiger partial charge in [0.2, 0.25) is 0 Å². The van der Waals surface area contributed by atoms with E-state index in [1.165, 1.54) is 6.07 Å². The number of amides is 2. The molecule has 0 bridgehead atoms. The van der Waals surface area contributed by atoms with Crippen LogP contribution in [0.3, 0.4) is 0 Å². The van der Waals surface area contributed by atoms with E-state index < -0.39 is 12.0 Å². The number of carbonyl (C=O) groups excluding carboxylic acids is 1. The highest BCUT2D eigenvalue weighted by Crippen LogP contribution is 2.31. The highest BCUT2D eigenvalue weighted by molar-refractivity contribution is 9.11. The maximum absolute atomic E-state index is 12.0. The maximum atomic E-state index is 12.0. The number of urea groups is 1. The maximum Gasteiger partial charge on any atom is 0.337 e. The van der Waals surface area contributed by atoms with Gasteiger partial charge in [-0.05, 0) is 47.3 Å². The molecule has 1 aliphatic rings. The van der Waals surface area contributed by atoms with Gasteiger partial charge in [0.25, 0.3) is 0 Å². The predicted molar refractivity (Wildman–Crippen MR) is 87.7 cm³/mol. The number of benzene rings is 1. The SMILES string of the molecule is O=C(Nc1c(Br)cc(Br)cc1C(=O)O)NC1CC=CCC1. The Morgan fingerprint density at radius 2 is 2.00 bits per heavy atom. The van der Waals surface area contributed by atoms with Crippen molar-refractivity contribution in [2.45, 2.75) is 25.3 Å². The lowest BCUT2D eigenvalue weighted by Gasteiger charge is -2.20. The lowest BCUT2D eigenvalue weighted by Crippen LogP contribution is -2.38. The van der Waals surface area contributed by atoms with Crippen molar-refractivity contribution in [3.05, 3.63) is 38.8 Å². The van der Waals surface area contributed by atoms with Gasteiger partial charge in [0, 0.05) is 15.0 Å². The molecule has 0 saturated carbocycles. The third-order valence-corrected chi connectivity index (χ3v) is 4.21. The number of carbonyl (C=O) groups is 2. The summed E-state index contributed by atoms with van der Waals surface area (Å²) in [5, 5.41) is 14.7. The number of anilines is 1. The van der Waals surface area contributed by atoms with Crippen LogP contribution in [0.4, 0.5) is 10.5 Å². The minimum absolute atomic E-state index is 0.0231. The molecule has 5 nitrogen and oxygen atoms in total. The van der Waals surface area contributed by atoms with Crippen LogP contribution < -0.4 is 10.6 Å². The first kappa shape index (κ1) is 16.0. The molecule has 7 heteroatoms. The van der Waals surface area contributed by atoms with Gasteiger partial charge in [0.05, 0.1) is 11.3 Å². The second kappa shape index (κ2) is 7.09. The Kier molecular flexibility index (Phi) is 5.41. The average molecular weight is 418 g/mol. The molecular weight excluding hydrogens is 404 g/mol. The fraction of sp³-hybridized carbons (Fsp3) is 0.286. The van der Waals surface area contributed by atoms with Crippen LogP contribution in [0.25, 0.3) is 0 Å². The Hall–Kier alpha value is -1.34. The van der Waals surface area contributed by atoms with Gasteiger partial charge in [-0.2, -0.15) is 0 Å². The number of hydrogen-bond acceptors (Lipinski definition) is 2. The Labute approximate surface area is 139 Å². The summed E-state index contributed by atoms with van der Waals surface area (Å²) >= 11 is 6.50. The highest BCUT2D eigenvalue weighted by Gasteiger charge is 2.18. The molecule has 0 radical (unpaired) electrons. The van der Waals surface area contributed by atoms with E-state index in [1.807, 2.05) is 6.08 Å². The molecule has 0 aliphatic heterocycles. The summed E-state index contributed by atoms with van der Waals surface area (Å²) in [6, 6.07) is 2.82. The van der Waals surface area contributed by atoms with Crippen molar-refractivity contribution in [1.82, 2.24) is 5.32 Å². The smallest absolute Gasteiger partial charge is 0.337 e. The topological polar surface area (TPSA) is 78.4 Å². The number of carboxylic acids is 1. The molecular formula is C14H14Br2N2O3. The lowest BCUT2D eigenvalue weighted by molar-refractivity contribution is 0.0698. The van der Waals surface area contributed by atoms with Gasteiger partial charge >= 0.3 is 12.0 Å². The van der Waals surface area contributed by atoms with E-state index in [2.05, 4.69) is 48.6 Å². The zero-order valence-electron chi connectivity index (χ0n) is 11.0. The van der Waals surface area contributed by atoms with Crippen molar-refractivity contribution in [3.63, 3.8) is 0 Å². The number of rotatable bonds is 3. The van der Waals surface area contributed by atoms with Gasteiger partial charge in [-0.15, -0.1) is 0 Å². The minimum Gasteiger partial charge on any atom is -0.478 e. The van der Waals surface area contributed by atoms with E-state index in [0.29, 0.717) is 8.95 Å². The Morgan fingerprint density at radius 3 is 2.62 bits per heavy atom. The quantitative estimate of drug-likeness (QED) is 0.646. The molecule has 112 valence electrons. The summed E-state index contributed by atoms with van der Waals surface area (Å²) in [5.74, 6) is -1.10. The molecule has 0 fully saturated rings. The molecule has 3 N–H and O–H groups in total. The zero-order chi connectivity index (χ0) is 15.4. The van der Waals surface area contributed by atoms with Crippen molar-refractivity contribution in [3.8, 4) is 0 Å². The summed E-state index contributed by atoms with van der Waals surface area (Å²) in [7, 11) is 0. The second-order valence-electron chi connectivity index (χ2n) is 4.70. The average Bonchev–Trinajstić information content (AvgIpc) is 2.42. The van der Waals surface area contributed by atoms with Crippen LogP contribution in [0.5, 0.6) is 0 Å². The first-order chi connectivity index (χ1) is 9.97. The first-order valence-electron chi connectivity index (χ1n) is 6.42. The Balaban J connectivity index is 2.13. The summed E-state index contributed by atoms with van der Waals surface area (Å²) in [4.78, 5) is 23.3. The number of nitrogens with one attached hydrogen (secondary N) is 2. The van der Waals surface area contributed by atoms with Crippen LogP contribution in [-0.2, 0) is 0 Å². The summed E-state index contributed by atoms with van der Waals surface area (Å²) < 4.78 is 1.13. The molecule has 2 rings (SSSR count). The molecule has 0 spiro atoms. The Bertz CT molecular complexity index is 602. The molecule has 1 atom stereocenters. The third kappa shape index (κ3) is 4.31. The molecule has 1 aliphatic carbocycles. The molecule has 0 heterocycles. The van der Waals surface area contributed by atoms with Crippen molar-refractivity contribution >= 4 is 49.5 Å². The fourth-order valence-electron chi connectivity index (χ4n) is 2.13. The summed E-state index contributed by atoms with van der Waals surface area (Å²) in [5.41, 5.74) is 0.268. The van der Waals surface area contributed by atoms with Crippen LogP contribution in [0.15, 0.2) is 33.2 Å². The third-order valence-electron chi connectivity index (χ3n) is 3.13. The molecule has 21 heavy (non-hydrogen) atoms. The summed E-state index contributed by atoms with van der Waals surface area (Å²) in [6.07, 6.45) is 6.74. The van der Waals surface area contributed by atoms with E-state index in [-0.39, 0.29) is 17.3 Å². The zero-order valence-corrected chi connectivity index (χ0v) is 14.2.